The van der Waals surface area contributed by atoms with E-state index in [-0.39, 0.29) is 11.3 Å². The van der Waals surface area contributed by atoms with E-state index < -0.39 is 6.10 Å². The highest BCUT2D eigenvalue weighted by molar-refractivity contribution is 6.06. The Balaban J connectivity index is 0.00000106. The maximum atomic E-state index is 13.1. The van der Waals surface area contributed by atoms with Crippen LogP contribution in [-0.4, -0.2) is 40.1 Å². The van der Waals surface area contributed by atoms with Crippen LogP contribution in [0.1, 0.15) is 66.6 Å². The minimum atomic E-state index is -0.401. The van der Waals surface area contributed by atoms with Gasteiger partial charge in [0.15, 0.2) is 0 Å². The number of para-hydroxylation sites is 1. The summed E-state index contributed by atoms with van der Waals surface area (Å²) in [4.78, 5) is 18.2. The first-order chi connectivity index (χ1) is 14.6. The van der Waals surface area contributed by atoms with E-state index in [9.17, 15) is 9.90 Å². The van der Waals surface area contributed by atoms with E-state index in [1.54, 1.807) is 4.90 Å². The zero-order valence-corrected chi connectivity index (χ0v) is 18.2. The van der Waals surface area contributed by atoms with Gasteiger partial charge in [-0.05, 0) is 43.4 Å². The average molecular weight is 405 g/mol. The van der Waals surface area contributed by atoms with Crippen molar-refractivity contribution in [3.8, 4) is 0 Å². The van der Waals surface area contributed by atoms with Gasteiger partial charge in [0.25, 0.3) is 5.91 Å². The maximum absolute atomic E-state index is 13.1. The van der Waals surface area contributed by atoms with Gasteiger partial charge < -0.3 is 15.0 Å². The number of nitrogens with zero attached hydrogens (tertiary/aromatic N) is 1. The van der Waals surface area contributed by atoms with E-state index in [0.29, 0.717) is 25.1 Å². The molecule has 4 heteroatoms. The van der Waals surface area contributed by atoms with Gasteiger partial charge >= 0.3 is 0 Å². The number of rotatable bonds is 3. The summed E-state index contributed by atoms with van der Waals surface area (Å²) in [5, 5.41) is 10.9. The molecule has 1 atom stereocenters. The lowest BCUT2D eigenvalue weighted by molar-refractivity contribution is 0.0766. The fourth-order valence-corrected chi connectivity index (χ4v) is 4.94. The molecule has 0 radical (unpaired) electrons. The Bertz CT molecular complexity index is 1030. The third kappa shape index (κ3) is 3.33. The molecule has 1 aliphatic carbocycles. The second-order valence-electron chi connectivity index (χ2n) is 8.43. The Kier molecular flexibility index (Phi) is 5.70. The highest BCUT2D eigenvalue weighted by atomic mass is 16.3. The van der Waals surface area contributed by atoms with Gasteiger partial charge in [-0.15, -0.1) is 0 Å². The van der Waals surface area contributed by atoms with E-state index in [4.69, 9.17) is 0 Å². The fourth-order valence-electron chi connectivity index (χ4n) is 4.94. The standard InChI is InChI=1S/C24H26N2O2.C2H6/c1-16-6-8-17(9-7-16)24(11-3-12-24)21-14-25-22-19(21)4-2-5-20(22)23(28)26-13-10-18(27)15-26;1-2/h2,4-9,14,18,25,27H,3,10-13,15H2,1H3;1-2H3. The Morgan fingerprint density at radius 1 is 1.13 bits per heavy atom. The summed E-state index contributed by atoms with van der Waals surface area (Å²) in [6.45, 7) is 7.17. The molecule has 2 fully saturated rings. The molecule has 1 amide bonds. The van der Waals surface area contributed by atoms with Crippen LogP contribution < -0.4 is 0 Å². The Hall–Kier alpha value is -2.59. The summed E-state index contributed by atoms with van der Waals surface area (Å²) in [6, 6.07) is 14.9. The second-order valence-corrected chi connectivity index (χ2v) is 8.43. The maximum Gasteiger partial charge on any atom is 0.256 e. The Morgan fingerprint density at radius 2 is 1.87 bits per heavy atom. The predicted molar refractivity (Wildman–Crippen MR) is 122 cm³/mol. The van der Waals surface area contributed by atoms with Gasteiger partial charge in [0.05, 0.1) is 17.2 Å². The molecule has 2 N–H and O–H groups in total. The van der Waals surface area contributed by atoms with Crippen LogP contribution in [0.15, 0.2) is 48.7 Å². The molecule has 1 saturated heterocycles. The molecule has 5 rings (SSSR count). The van der Waals surface area contributed by atoms with Crippen molar-refractivity contribution in [2.45, 2.75) is 58.0 Å². The van der Waals surface area contributed by atoms with Crippen LogP contribution in [0, 0.1) is 6.92 Å². The first-order valence-corrected chi connectivity index (χ1v) is 11.2. The van der Waals surface area contributed by atoms with E-state index in [1.807, 2.05) is 26.0 Å². The number of hydrogen-bond acceptors (Lipinski definition) is 2. The number of nitrogens with one attached hydrogen (secondary N) is 1. The predicted octanol–water partition coefficient (Wildman–Crippen LogP) is 5.18. The van der Waals surface area contributed by atoms with Gasteiger partial charge in [-0.25, -0.2) is 0 Å². The third-order valence-corrected chi connectivity index (χ3v) is 6.72. The Morgan fingerprint density at radius 3 is 2.47 bits per heavy atom. The molecule has 4 nitrogen and oxygen atoms in total. The fraction of sp³-hybridized carbons (Fsp3) is 0.423. The number of β-amino-alcohol motifs (C(OH)–C–C–N with tert-alkyl or cyclic N) is 1. The molecule has 1 aromatic heterocycles. The molecule has 3 aromatic rings. The van der Waals surface area contributed by atoms with Crippen molar-refractivity contribution in [2.24, 2.45) is 0 Å². The quantitative estimate of drug-likeness (QED) is 0.632. The zero-order chi connectivity index (χ0) is 21.3. The molecule has 0 bridgehead atoms. The molecule has 158 valence electrons. The minimum Gasteiger partial charge on any atom is -0.391 e. The molecule has 30 heavy (non-hydrogen) atoms. The highest BCUT2D eigenvalue weighted by Gasteiger charge is 2.42. The number of aromatic nitrogens is 1. The number of aliphatic hydroxyl groups excluding tert-OH is 1. The van der Waals surface area contributed by atoms with Crippen LogP contribution in [0.4, 0.5) is 0 Å². The highest BCUT2D eigenvalue weighted by Crippen LogP contribution is 2.51. The topological polar surface area (TPSA) is 56.3 Å². The lowest BCUT2D eigenvalue weighted by Gasteiger charge is -2.42. The van der Waals surface area contributed by atoms with Gasteiger partial charge in [-0.1, -0.05) is 62.2 Å². The number of benzene rings is 2. The van der Waals surface area contributed by atoms with Crippen molar-refractivity contribution < 1.29 is 9.90 Å². The van der Waals surface area contributed by atoms with E-state index >= 15 is 0 Å². The third-order valence-electron chi connectivity index (χ3n) is 6.72. The number of H-pyrrole nitrogens is 1. The molecule has 1 aliphatic heterocycles. The largest absolute Gasteiger partial charge is 0.391 e. The van der Waals surface area contributed by atoms with Crippen LogP contribution in [0.2, 0.25) is 0 Å². The smallest absolute Gasteiger partial charge is 0.256 e. The number of fused-ring (bicyclic) bond motifs is 1. The van der Waals surface area contributed by atoms with Crippen LogP contribution in [0.5, 0.6) is 0 Å². The van der Waals surface area contributed by atoms with Crippen molar-refractivity contribution >= 4 is 16.8 Å². The molecule has 2 heterocycles. The summed E-state index contributed by atoms with van der Waals surface area (Å²) in [5.41, 5.74) is 5.60. The van der Waals surface area contributed by atoms with Crippen molar-refractivity contribution in [3.63, 3.8) is 0 Å². The molecule has 2 aliphatic rings. The number of carbonyl (C=O) groups is 1. The Labute approximate surface area is 178 Å². The normalized spacial score (nSPS) is 19.9. The lowest BCUT2D eigenvalue weighted by atomic mass is 9.60. The minimum absolute atomic E-state index is 0.00791. The van der Waals surface area contributed by atoms with Gasteiger partial charge in [0, 0.05) is 30.1 Å². The van der Waals surface area contributed by atoms with Gasteiger partial charge in [-0.3, -0.25) is 4.79 Å². The molecule has 1 unspecified atom stereocenters. The average Bonchev–Trinajstić information content (AvgIpc) is 3.36. The van der Waals surface area contributed by atoms with Crippen molar-refractivity contribution in [1.82, 2.24) is 9.88 Å². The van der Waals surface area contributed by atoms with Crippen LogP contribution >= 0.6 is 0 Å². The summed E-state index contributed by atoms with van der Waals surface area (Å²) >= 11 is 0. The van der Waals surface area contributed by atoms with Gasteiger partial charge in [0.2, 0.25) is 0 Å². The SMILES string of the molecule is CC.Cc1ccc(C2(c3c[nH]c4c(C(=O)N5CCC(O)C5)cccc34)CCC2)cc1. The number of amides is 1. The van der Waals surface area contributed by atoms with Crippen LogP contribution in [0.25, 0.3) is 10.9 Å². The van der Waals surface area contributed by atoms with E-state index in [0.717, 1.165) is 23.7 Å². The molecular formula is C26H32N2O2. The molecule has 1 saturated carbocycles. The molecule has 0 spiro atoms. The number of aromatic amines is 1. The number of aliphatic hydroxyl groups is 1. The number of hydrogen-bond donors (Lipinski definition) is 2. The van der Waals surface area contributed by atoms with Crippen molar-refractivity contribution in [1.29, 1.82) is 0 Å². The van der Waals surface area contributed by atoms with Crippen LogP contribution in [-0.2, 0) is 5.41 Å². The number of aryl methyl sites for hydroxylation is 1. The molecular weight excluding hydrogens is 372 g/mol. The van der Waals surface area contributed by atoms with E-state index in [1.165, 1.54) is 23.1 Å². The summed E-state index contributed by atoms with van der Waals surface area (Å²) in [5.74, 6) is 0.00791. The summed E-state index contributed by atoms with van der Waals surface area (Å²) < 4.78 is 0. The number of likely N-dealkylation sites (tertiary alicyclic amines) is 1. The number of carbonyl (C=O) groups excluding carboxylic acids is 1. The first kappa shape index (κ1) is 20.7. The van der Waals surface area contributed by atoms with Gasteiger partial charge in [0.1, 0.15) is 0 Å². The lowest BCUT2D eigenvalue weighted by Crippen LogP contribution is -2.35. The van der Waals surface area contributed by atoms with Crippen LogP contribution in [0.3, 0.4) is 0 Å². The van der Waals surface area contributed by atoms with Gasteiger partial charge in [-0.2, -0.15) is 0 Å². The first-order valence-electron chi connectivity index (χ1n) is 11.2. The molecule has 2 aromatic carbocycles. The summed E-state index contributed by atoms with van der Waals surface area (Å²) in [7, 11) is 0. The second kappa shape index (κ2) is 8.27. The van der Waals surface area contributed by atoms with E-state index in [2.05, 4.69) is 48.4 Å². The zero-order valence-electron chi connectivity index (χ0n) is 18.2. The van der Waals surface area contributed by atoms with Crippen molar-refractivity contribution in [3.05, 3.63) is 70.9 Å². The summed E-state index contributed by atoms with van der Waals surface area (Å²) in [6.07, 6.45) is 5.87. The van der Waals surface area contributed by atoms with Crippen molar-refractivity contribution in [2.75, 3.05) is 13.1 Å². The monoisotopic (exact) mass is 404 g/mol.